The van der Waals surface area contributed by atoms with Crippen molar-refractivity contribution in [3.63, 3.8) is 0 Å². The third-order valence-electron chi connectivity index (χ3n) is 5.79. The van der Waals surface area contributed by atoms with Crippen LogP contribution in [0.3, 0.4) is 0 Å². The van der Waals surface area contributed by atoms with E-state index in [9.17, 15) is 9.90 Å². The fourth-order valence-corrected chi connectivity index (χ4v) is 4.12. The quantitative estimate of drug-likeness (QED) is 0.750. The van der Waals surface area contributed by atoms with Gasteiger partial charge in [-0.05, 0) is 43.4 Å². The number of phenolic OH excluding ortho intramolecular Hbond substituents is 1. The Labute approximate surface area is 159 Å². The van der Waals surface area contributed by atoms with Crippen molar-refractivity contribution in [2.24, 2.45) is 5.92 Å². The molecule has 1 aliphatic heterocycles. The summed E-state index contributed by atoms with van der Waals surface area (Å²) in [6, 6.07) is 12.9. The molecular weight excluding hydrogens is 338 g/mol. The van der Waals surface area contributed by atoms with Gasteiger partial charge >= 0.3 is 0 Å². The van der Waals surface area contributed by atoms with Crippen LogP contribution in [0, 0.1) is 12.8 Å². The summed E-state index contributed by atoms with van der Waals surface area (Å²) in [5, 5.41) is 11.0. The molecule has 1 aliphatic rings. The maximum absolute atomic E-state index is 13.2. The average Bonchev–Trinajstić information content (AvgIpc) is 2.67. The zero-order chi connectivity index (χ0) is 19.0. The lowest BCUT2D eigenvalue weighted by atomic mass is 9.98. The summed E-state index contributed by atoms with van der Waals surface area (Å²) in [4.78, 5) is 14.6. The molecule has 0 spiro atoms. The van der Waals surface area contributed by atoms with E-state index in [1.54, 1.807) is 12.1 Å². The Hall–Kier alpha value is -2.59. The molecule has 3 aromatic rings. The summed E-state index contributed by atoms with van der Waals surface area (Å²) in [5.74, 6) is 1.57. The van der Waals surface area contributed by atoms with Crippen molar-refractivity contribution in [2.75, 3.05) is 13.1 Å². The molecule has 4 nitrogen and oxygen atoms in total. The highest BCUT2D eigenvalue weighted by Crippen LogP contribution is 2.29. The van der Waals surface area contributed by atoms with Gasteiger partial charge in [0, 0.05) is 0 Å². The van der Waals surface area contributed by atoms with Crippen molar-refractivity contribution >= 4 is 11.0 Å². The van der Waals surface area contributed by atoms with E-state index in [1.807, 2.05) is 37.3 Å². The highest BCUT2D eigenvalue weighted by atomic mass is 16.3. The van der Waals surface area contributed by atoms with Crippen LogP contribution in [-0.4, -0.2) is 18.2 Å². The topological polar surface area (TPSA) is 54.9 Å². The molecule has 0 saturated carbocycles. The molecule has 4 rings (SSSR count). The molecule has 27 heavy (non-hydrogen) atoms. The lowest BCUT2D eigenvalue weighted by Crippen LogP contribution is -3.11. The first-order valence-electron chi connectivity index (χ1n) is 9.72. The van der Waals surface area contributed by atoms with Gasteiger partial charge in [0.25, 0.3) is 0 Å². The van der Waals surface area contributed by atoms with Crippen molar-refractivity contribution in [1.82, 2.24) is 0 Å². The van der Waals surface area contributed by atoms with Gasteiger partial charge in [0.15, 0.2) is 5.58 Å². The third kappa shape index (κ3) is 3.37. The molecule has 2 N–H and O–H groups in total. The van der Waals surface area contributed by atoms with E-state index in [0.717, 1.165) is 30.1 Å². The van der Waals surface area contributed by atoms with Crippen molar-refractivity contribution < 1.29 is 14.4 Å². The Morgan fingerprint density at radius 3 is 2.52 bits per heavy atom. The Bertz CT molecular complexity index is 1020. The summed E-state index contributed by atoms with van der Waals surface area (Å²) in [7, 11) is 0. The largest absolute Gasteiger partial charge is 0.507 e. The first kappa shape index (κ1) is 17.8. The number of hydrogen-bond donors (Lipinski definition) is 2. The van der Waals surface area contributed by atoms with Gasteiger partial charge in [-0.25, -0.2) is 0 Å². The number of phenols is 1. The first-order chi connectivity index (χ1) is 13.0. The van der Waals surface area contributed by atoms with Crippen LogP contribution >= 0.6 is 0 Å². The van der Waals surface area contributed by atoms with E-state index in [-0.39, 0.29) is 11.2 Å². The van der Waals surface area contributed by atoms with Crippen molar-refractivity contribution in [3.8, 4) is 16.9 Å². The van der Waals surface area contributed by atoms with E-state index >= 15 is 0 Å². The highest BCUT2D eigenvalue weighted by Gasteiger charge is 2.24. The van der Waals surface area contributed by atoms with Crippen LogP contribution in [0.25, 0.3) is 22.1 Å². The van der Waals surface area contributed by atoms with E-state index in [0.29, 0.717) is 28.8 Å². The van der Waals surface area contributed by atoms with E-state index in [2.05, 4.69) is 6.92 Å². The summed E-state index contributed by atoms with van der Waals surface area (Å²) >= 11 is 0. The molecule has 0 aliphatic carbocycles. The number of aromatic hydroxyl groups is 1. The van der Waals surface area contributed by atoms with Gasteiger partial charge in [0.2, 0.25) is 5.43 Å². The molecule has 0 bridgehead atoms. The number of quaternary nitrogens is 1. The van der Waals surface area contributed by atoms with Gasteiger partial charge in [-0.15, -0.1) is 0 Å². The number of benzene rings is 2. The molecule has 1 saturated heterocycles. The minimum Gasteiger partial charge on any atom is -0.507 e. The second kappa shape index (κ2) is 7.20. The molecule has 0 unspecified atom stereocenters. The monoisotopic (exact) mass is 364 g/mol. The minimum atomic E-state index is -0.0385. The fourth-order valence-electron chi connectivity index (χ4n) is 4.12. The van der Waals surface area contributed by atoms with Crippen LogP contribution < -0.4 is 10.3 Å². The van der Waals surface area contributed by atoms with Crippen LogP contribution in [0.4, 0.5) is 0 Å². The normalized spacial score (nSPS) is 20.1. The van der Waals surface area contributed by atoms with Crippen LogP contribution in [0.2, 0.25) is 0 Å². The molecule has 1 aromatic heterocycles. The number of piperidine rings is 1. The molecule has 4 heteroatoms. The molecule has 2 heterocycles. The summed E-state index contributed by atoms with van der Waals surface area (Å²) in [5.41, 5.74) is 2.69. The Morgan fingerprint density at radius 2 is 1.81 bits per heavy atom. The number of rotatable bonds is 3. The van der Waals surface area contributed by atoms with Gasteiger partial charge in [-0.2, -0.15) is 0 Å². The average molecular weight is 364 g/mol. The summed E-state index contributed by atoms with van der Waals surface area (Å²) in [6.45, 7) is 6.97. The molecular formula is C23H26NO3+. The Morgan fingerprint density at radius 1 is 1.11 bits per heavy atom. The molecule has 2 aromatic carbocycles. The van der Waals surface area contributed by atoms with Crippen molar-refractivity contribution in [1.29, 1.82) is 0 Å². The second-order valence-electron chi connectivity index (χ2n) is 7.78. The standard InChI is InChI=1S/C23H25NO3/c1-15-10-12-24(13-11-15)14-19-20(25)9-8-18-22(26)21(16(2)27-23(18)19)17-6-4-3-5-7-17/h3-9,15,25H,10-14H2,1-2H3/p+1. The van der Waals surface area contributed by atoms with Crippen LogP contribution in [0.15, 0.2) is 51.7 Å². The second-order valence-corrected chi connectivity index (χ2v) is 7.78. The van der Waals surface area contributed by atoms with Crippen LogP contribution in [-0.2, 0) is 6.54 Å². The smallest absolute Gasteiger partial charge is 0.200 e. The Balaban J connectivity index is 1.82. The van der Waals surface area contributed by atoms with Crippen LogP contribution in [0.1, 0.15) is 31.1 Å². The van der Waals surface area contributed by atoms with Gasteiger partial charge in [0.05, 0.1) is 29.6 Å². The van der Waals surface area contributed by atoms with Crippen LogP contribution in [0.5, 0.6) is 5.75 Å². The van der Waals surface area contributed by atoms with Crippen molar-refractivity contribution in [2.45, 2.75) is 33.2 Å². The predicted octanol–water partition coefficient (Wildman–Crippen LogP) is 3.29. The molecule has 1 fully saturated rings. The molecule has 0 radical (unpaired) electrons. The number of hydrogen-bond acceptors (Lipinski definition) is 3. The lowest BCUT2D eigenvalue weighted by molar-refractivity contribution is -0.919. The maximum Gasteiger partial charge on any atom is 0.200 e. The number of aryl methyl sites for hydroxylation is 1. The van der Waals surface area contributed by atoms with Gasteiger partial charge in [-0.3, -0.25) is 4.79 Å². The molecule has 140 valence electrons. The van der Waals surface area contributed by atoms with E-state index in [4.69, 9.17) is 4.42 Å². The predicted molar refractivity (Wildman–Crippen MR) is 107 cm³/mol. The number of fused-ring (bicyclic) bond motifs is 1. The minimum absolute atomic E-state index is 0.0385. The van der Waals surface area contributed by atoms with Gasteiger partial charge in [-0.1, -0.05) is 37.3 Å². The third-order valence-corrected chi connectivity index (χ3v) is 5.79. The van der Waals surface area contributed by atoms with Crippen molar-refractivity contribution in [3.05, 3.63) is 64.0 Å². The first-order valence-corrected chi connectivity index (χ1v) is 9.72. The van der Waals surface area contributed by atoms with Gasteiger partial charge in [0.1, 0.15) is 18.1 Å². The summed E-state index contributed by atoms with van der Waals surface area (Å²) < 4.78 is 6.13. The molecule has 0 atom stereocenters. The number of likely N-dealkylation sites (tertiary alicyclic amines) is 1. The molecule has 0 amide bonds. The highest BCUT2D eigenvalue weighted by molar-refractivity contribution is 5.86. The zero-order valence-corrected chi connectivity index (χ0v) is 15.9. The SMILES string of the molecule is Cc1oc2c(C[NH+]3CCC(C)CC3)c(O)ccc2c(=O)c1-c1ccccc1. The van der Waals surface area contributed by atoms with E-state index in [1.165, 1.54) is 17.7 Å². The maximum atomic E-state index is 13.2. The number of nitrogens with one attached hydrogen (secondary N) is 1. The Kier molecular flexibility index (Phi) is 4.75. The zero-order valence-electron chi connectivity index (χ0n) is 15.9. The summed E-state index contributed by atoms with van der Waals surface area (Å²) in [6.07, 6.45) is 2.39. The van der Waals surface area contributed by atoms with Gasteiger partial charge < -0.3 is 14.4 Å². The lowest BCUT2D eigenvalue weighted by Gasteiger charge is -2.27. The van der Waals surface area contributed by atoms with E-state index < -0.39 is 0 Å². The fraction of sp³-hybridized carbons (Fsp3) is 0.348.